The highest BCUT2D eigenvalue weighted by Crippen LogP contribution is 2.28. The van der Waals surface area contributed by atoms with Crippen molar-refractivity contribution in [2.24, 2.45) is 0 Å². The molecule has 1 N–H and O–H groups in total. The van der Waals surface area contributed by atoms with Gasteiger partial charge in [0.25, 0.3) is 10.0 Å². The summed E-state index contributed by atoms with van der Waals surface area (Å²) >= 11 is 0. The van der Waals surface area contributed by atoms with Gasteiger partial charge in [-0.3, -0.25) is 13.9 Å². The maximum absolute atomic E-state index is 14.7. The van der Waals surface area contributed by atoms with Crippen molar-refractivity contribution < 1.29 is 18.0 Å². The summed E-state index contributed by atoms with van der Waals surface area (Å²) in [7, 11) is -4.15. The minimum atomic E-state index is -4.15. The van der Waals surface area contributed by atoms with Crippen LogP contribution in [0, 0.1) is 27.7 Å². The number of sulfonamides is 1. The van der Waals surface area contributed by atoms with E-state index in [9.17, 15) is 18.0 Å². The fourth-order valence-electron chi connectivity index (χ4n) is 6.14. The Morgan fingerprint density at radius 2 is 1.45 bits per heavy atom. The second kappa shape index (κ2) is 15.0. The summed E-state index contributed by atoms with van der Waals surface area (Å²) < 4.78 is 29.8. The maximum Gasteiger partial charge on any atom is 0.264 e. The number of aryl methyl sites for hydroxylation is 4. The van der Waals surface area contributed by atoms with Crippen molar-refractivity contribution in [1.82, 2.24) is 10.2 Å². The molecule has 1 saturated carbocycles. The summed E-state index contributed by atoms with van der Waals surface area (Å²) in [6, 6.07) is 28.7. The number of carbonyl (C=O) groups excluding carboxylic acids is 2. The molecule has 1 aliphatic carbocycles. The number of nitrogens with one attached hydrogen (secondary N) is 1. The molecule has 4 aromatic rings. The van der Waals surface area contributed by atoms with Gasteiger partial charge in [0.15, 0.2) is 0 Å². The third kappa shape index (κ3) is 8.30. The van der Waals surface area contributed by atoms with Crippen LogP contribution in [-0.2, 0) is 32.6 Å². The molecule has 1 aliphatic rings. The Kier molecular flexibility index (Phi) is 10.8. The van der Waals surface area contributed by atoms with Crippen LogP contribution in [0.4, 0.5) is 5.69 Å². The quantitative estimate of drug-likeness (QED) is 0.182. The Bertz CT molecular complexity index is 1800. The van der Waals surface area contributed by atoms with Crippen LogP contribution in [0.15, 0.2) is 102 Å². The summed E-state index contributed by atoms with van der Waals surface area (Å²) in [5.74, 6) is -0.675. The van der Waals surface area contributed by atoms with Crippen molar-refractivity contribution in [2.45, 2.75) is 83.3 Å². The lowest BCUT2D eigenvalue weighted by atomic mass is 10.0. The Labute approximate surface area is 279 Å². The first-order chi connectivity index (χ1) is 22.5. The van der Waals surface area contributed by atoms with Gasteiger partial charge in [0.1, 0.15) is 12.6 Å². The molecule has 4 aromatic carbocycles. The van der Waals surface area contributed by atoms with E-state index in [-0.39, 0.29) is 23.4 Å². The lowest BCUT2D eigenvalue weighted by Crippen LogP contribution is -2.54. The molecule has 0 aromatic heterocycles. The number of carbonyl (C=O) groups is 2. The largest absolute Gasteiger partial charge is 0.352 e. The van der Waals surface area contributed by atoms with Gasteiger partial charge in [-0.2, -0.15) is 0 Å². The van der Waals surface area contributed by atoms with Gasteiger partial charge in [-0.05, 0) is 92.6 Å². The normalized spacial score (nSPS) is 14.0. The van der Waals surface area contributed by atoms with E-state index in [1.165, 1.54) is 4.31 Å². The highest BCUT2D eigenvalue weighted by Gasteiger charge is 2.35. The second-order valence-electron chi connectivity index (χ2n) is 12.7. The van der Waals surface area contributed by atoms with Gasteiger partial charge in [0, 0.05) is 19.0 Å². The van der Waals surface area contributed by atoms with Crippen LogP contribution >= 0.6 is 0 Å². The molecule has 0 aliphatic heterocycles. The lowest BCUT2D eigenvalue weighted by molar-refractivity contribution is -0.140. The number of rotatable bonds is 12. The monoisotopic (exact) mass is 651 g/mol. The summed E-state index contributed by atoms with van der Waals surface area (Å²) in [4.78, 5) is 30.6. The van der Waals surface area contributed by atoms with Crippen LogP contribution in [0.2, 0.25) is 0 Å². The zero-order chi connectivity index (χ0) is 33.6. The average molecular weight is 652 g/mol. The zero-order valence-electron chi connectivity index (χ0n) is 27.8. The molecule has 1 fully saturated rings. The third-order valence-electron chi connectivity index (χ3n) is 9.24. The summed E-state index contributed by atoms with van der Waals surface area (Å²) in [6.45, 7) is 7.45. The van der Waals surface area contributed by atoms with Crippen molar-refractivity contribution >= 4 is 27.5 Å². The number of nitrogens with zero attached hydrogens (tertiary/aromatic N) is 2. The maximum atomic E-state index is 14.7. The number of hydrogen-bond donors (Lipinski definition) is 1. The predicted octanol–water partition coefficient (Wildman–Crippen LogP) is 6.81. The van der Waals surface area contributed by atoms with Crippen LogP contribution in [0.3, 0.4) is 0 Å². The predicted molar refractivity (Wildman–Crippen MR) is 188 cm³/mol. The van der Waals surface area contributed by atoms with Gasteiger partial charge < -0.3 is 10.2 Å². The molecule has 0 bridgehead atoms. The van der Waals surface area contributed by atoms with Crippen LogP contribution in [0.25, 0.3) is 0 Å². The van der Waals surface area contributed by atoms with Gasteiger partial charge in [-0.1, -0.05) is 91.2 Å². The Balaban J connectivity index is 1.58. The Morgan fingerprint density at radius 3 is 2.11 bits per heavy atom. The van der Waals surface area contributed by atoms with Crippen LogP contribution in [0.5, 0.6) is 0 Å². The topological polar surface area (TPSA) is 86.8 Å². The second-order valence-corrected chi connectivity index (χ2v) is 14.6. The van der Waals surface area contributed by atoms with Crippen molar-refractivity contribution in [3.05, 3.63) is 130 Å². The molecule has 7 nitrogen and oxygen atoms in total. The van der Waals surface area contributed by atoms with Crippen LogP contribution < -0.4 is 9.62 Å². The fraction of sp³-hybridized carbons (Fsp3) is 0.333. The van der Waals surface area contributed by atoms with E-state index in [2.05, 4.69) is 5.32 Å². The van der Waals surface area contributed by atoms with Gasteiger partial charge >= 0.3 is 0 Å². The smallest absolute Gasteiger partial charge is 0.264 e. The molecule has 246 valence electrons. The molecule has 47 heavy (non-hydrogen) atoms. The highest BCUT2D eigenvalue weighted by atomic mass is 32.2. The van der Waals surface area contributed by atoms with Crippen molar-refractivity contribution in [2.75, 3.05) is 10.8 Å². The lowest BCUT2D eigenvalue weighted by Gasteiger charge is -2.34. The van der Waals surface area contributed by atoms with E-state index in [1.807, 2.05) is 88.4 Å². The van der Waals surface area contributed by atoms with E-state index in [4.69, 9.17) is 0 Å². The molecular formula is C39H45N3O4S. The van der Waals surface area contributed by atoms with Gasteiger partial charge in [-0.15, -0.1) is 0 Å². The molecule has 0 saturated heterocycles. The molecule has 2 amide bonds. The number of amides is 2. The van der Waals surface area contributed by atoms with E-state index in [1.54, 1.807) is 41.3 Å². The highest BCUT2D eigenvalue weighted by molar-refractivity contribution is 7.92. The molecule has 0 spiro atoms. The average Bonchev–Trinajstić information content (AvgIpc) is 3.57. The standard InChI is InChI=1S/C39H45N3O4S/c1-28-18-22-36(23-19-28)47(45,46)42(35-21-20-29(2)31(4)24-35)27-38(43)41(26-33-15-9-8-12-30(33)3)37(25-32-13-6-5-7-14-32)39(44)40-34-16-10-11-17-34/h5-9,12-15,18-24,34,37H,10-11,16-17,25-27H2,1-4H3,(H,40,44)/t37-/m0/s1. The van der Waals surface area contributed by atoms with E-state index in [0.29, 0.717) is 12.1 Å². The van der Waals surface area contributed by atoms with Gasteiger partial charge in [0.2, 0.25) is 11.8 Å². The molecule has 0 heterocycles. The summed E-state index contributed by atoms with van der Waals surface area (Å²) in [6.07, 6.45) is 4.23. The number of benzene rings is 4. The first kappa shape index (κ1) is 33.9. The van der Waals surface area contributed by atoms with Crippen molar-refractivity contribution in [3.8, 4) is 0 Å². The summed E-state index contributed by atoms with van der Waals surface area (Å²) in [5, 5.41) is 3.23. The summed E-state index contributed by atoms with van der Waals surface area (Å²) in [5.41, 5.74) is 6.05. The van der Waals surface area contributed by atoms with Crippen LogP contribution in [0.1, 0.15) is 59.1 Å². The van der Waals surface area contributed by atoms with E-state index >= 15 is 0 Å². The molecule has 8 heteroatoms. The van der Waals surface area contributed by atoms with E-state index in [0.717, 1.165) is 59.1 Å². The Morgan fingerprint density at radius 1 is 0.787 bits per heavy atom. The first-order valence-electron chi connectivity index (χ1n) is 16.4. The van der Waals surface area contributed by atoms with Crippen molar-refractivity contribution in [1.29, 1.82) is 0 Å². The number of anilines is 1. The zero-order valence-corrected chi connectivity index (χ0v) is 28.6. The van der Waals surface area contributed by atoms with E-state index < -0.39 is 28.5 Å². The fourth-order valence-corrected chi connectivity index (χ4v) is 7.55. The van der Waals surface area contributed by atoms with Crippen molar-refractivity contribution in [3.63, 3.8) is 0 Å². The molecule has 0 radical (unpaired) electrons. The SMILES string of the molecule is Cc1ccc(S(=O)(=O)N(CC(=O)N(Cc2ccccc2C)[C@@H](Cc2ccccc2)C(=O)NC2CCCC2)c2ccc(C)c(C)c2)cc1. The third-order valence-corrected chi connectivity index (χ3v) is 11.0. The van der Waals surface area contributed by atoms with Gasteiger partial charge in [-0.25, -0.2) is 8.42 Å². The molecule has 5 rings (SSSR count). The first-order valence-corrected chi connectivity index (χ1v) is 17.8. The minimum Gasteiger partial charge on any atom is -0.352 e. The number of hydrogen-bond acceptors (Lipinski definition) is 4. The Hall–Kier alpha value is -4.43. The minimum absolute atomic E-state index is 0.0603. The van der Waals surface area contributed by atoms with Gasteiger partial charge in [0.05, 0.1) is 10.6 Å². The molecule has 1 atom stereocenters. The molecule has 0 unspecified atom stereocenters. The van der Waals surface area contributed by atoms with Crippen LogP contribution in [-0.4, -0.2) is 43.8 Å². The molecular weight excluding hydrogens is 607 g/mol.